The first-order valence-electron chi connectivity index (χ1n) is 10.2. The van der Waals surface area contributed by atoms with E-state index in [0.29, 0.717) is 10.9 Å². The van der Waals surface area contributed by atoms with Crippen molar-refractivity contribution in [2.24, 2.45) is 10.9 Å². The molecule has 0 N–H and O–H groups in total. The molecule has 29 heavy (non-hydrogen) atoms. The average Bonchev–Trinajstić information content (AvgIpc) is 2.85. The van der Waals surface area contributed by atoms with Crippen molar-refractivity contribution in [1.82, 2.24) is 0 Å². The molecule has 0 spiro atoms. The van der Waals surface area contributed by atoms with E-state index in [1.165, 1.54) is 5.56 Å². The topological polar surface area (TPSA) is 41.9 Å². The first kappa shape index (κ1) is 20.1. The minimum Gasteiger partial charge on any atom is -0.381 e. The highest BCUT2D eigenvalue weighted by Gasteiger charge is 2.35. The highest BCUT2D eigenvalue weighted by atomic mass is 35.5. The summed E-state index contributed by atoms with van der Waals surface area (Å²) >= 11 is 6.35. The van der Waals surface area contributed by atoms with Crippen molar-refractivity contribution in [2.75, 3.05) is 31.7 Å². The number of benzodiazepines with no additional fused rings is 1. The van der Waals surface area contributed by atoms with Gasteiger partial charge in [-0.05, 0) is 47.9 Å². The van der Waals surface area contributed by atoms with Crippen LogP contribution in [-0.4, -0.2) is 38.4 Å². The van der Waals surface area contributed by atoms with Crippen molar-refractivity contribution in [3.8, 4) is 0 Å². The molecule has 0 aromatic heterocycles. The molecule has 0 unspecified atom stereocenters. The second-order valence-corrected chi connectivity index (χ2v) is 8.87. The number of fused-ring (bicyclic) bond motifs is 1. The van der Waals surface area contributed by atoms with Gasteiger partial charge >= 0.3 is 0 Å². The summed E-state index contributed by atoms with van der Waals surface area (Å²) in [5.41, 5.74) is 4.89. The lowest BCUT2D eigenvalue weighted by Gasteiger charge is -2.38. The van der Waals surface area contributed by atoms with Crippen molar-refractivity contribution in [1.29, 1.82) is 0 Å². The lowest BCUT2D eigenvalue weighted by atomic mass is 9.68. The standard InChI is InChI=1S/C24H27ClN2O2/c1-24(2,16-10-12-29-13-11-16)20-7-5-4-6-18(20)23-19-14-17(25)8-9-21(19)27(3)22(28)15-26-23/h4-9,14,16H,10-13,15H2,1-3H3. The normalized spacial score (nSPS) is 18.3. The lowest BCUT2D eigenvalue weighted by molar-refractivity contribution is -0.116. The Bertz CT molecular complexity index is 961. The van der Waals surface area contributed by atoms with Gasteiger partial charge in [0.05, 0.1) is 11.4 Å². The Morgan fingerprint density at radius 2 is 1.83 bits per heavy atom. The summed E-state index contributed by atoms with van der Waals surface area (Å²) < 4.78 is 5.60. The maximum absolute atomic E-state index is 12.5. The van der Waals surface area contributed by atoms with Gasteiger partial charge in [0, 0.05) is 36.4 Å². The lowest BCUT2D eigenvalue weighted by Crippen LogP contribution is -2.35. The first-order valence-corrected chi connectivity index (χ1v) is 10.6. The van der Waals surface area contributed by atoms with Gasteiger partial charge < -0.3 is 9.64 Å². The summed E-state index contributed by atoms with van der Waals surface area (Å²) in [5.74, 6) is 0.511. The minimum atomic E-state index is -0.0379. The third-order valence-electron chi connectivity index (χ3n) is 6.44. The van der Waals surface area contributed by atoms with Crippen LogP contribution < -0.4 is 4.90 Å². The van der Waals surface area contributed by atoms with Gasteiger partial charge in [0.1, 0.15) is 6.54 Å². The SMILES string of the molecule is CN1C(=O)CN=C(c2ccccc2C(C)(C)C2CCOCC2)c2cc(Cl)ccc21. The van der Waals surface area contributed by atoms with Gasteiger partial charge in [-0.1, -0.05) is 49.7 Å². The summed E-state index contributed by atoms with van der Waals surface area (Å²) in [6, 6.07) is 14.1. The van der Waals surface area contributed by atoms with Crippen LogP contribution in [0.15, 0.2) is 47.5 Å². The van der Waals surface area contributed by atoms with Crippen LogP contribution >= 0.6 is 11.6 Å². The molecule has 2 heterocycles. The van der Waals surface area contributed by atoms with Crippen LogP contribution in [0.4, 0.5) is 5.69 Å². The molecule has 0 aliphatic carbocycles. The van der Waals surface area contributed by atoms with Gasteiger partial charge in [-0.2, -0.15) is 0 Å². The number of ether oxygens (including phenoxy) is 1. The van der Waals surface area contributed by atoms with Crippen LogP contribution in [-0.2, 0) is 14.9 Å². The highest BCUT2D eigenvalue weighted by Crippen LogP contribution is 2.40. The fraction of sp³-hybridized carbons (Fsp3) is 0.417. The van der Waals surface area contributed by atoms with Crippen LogP contribution in [0.2, 0.25) is 5.02 Å². The molecule has 1 saturated heterocycles. The zero-order valence-electron chi connectivity index (χ0n) is 17.2. The van der Waals surface area contributed by atoms with Gasteiger partial charge in [0.25, 0.3) is 0 Å². The van der Waals surface area contributed by atoms with E-state index in [4.69, 9.17) is 21.3 Å². The molecule has 4 nitrogen and oxygen atoms in total. The van der Waals surface area contributed by atoms with Gasteiger partial charge in [0.15, 0.2) is 0 Å². The molecule has 0 atom stereocenters. The molecule has 1 fully saturated rings. The monoisotopic (exact) mass is 410 g/mol. The first-order chi connectivity index (χ1) is 13.9. The fourth-order valence-corrected chi connectivity index (χ4v) is 4.76. The quantitative estimate of drug-likeness (QED) is 0.725. The summed E-state index contributed by atoms with van der Waals surface area (Å²) in [7, 11) is 1.80. The Balaban J connectivity index is 1.87. The van der Waals surface area contributed by atoms with Gasteiger partial charge in [-0.15, -0.1) is 0 Å². The van der Waals surface area contributed by atoms with E-state index in [-0.39, 0.29) is 17.9 Å². The molecule has 0 radical (unpaired) electrons. The van der Waals surface area contributed by atoms with Crippen LogP contribution in [0.5, 0.6) is 0 Å². The van der Waals surface area contributed by atoms with Crippen LogP contribution in [0.3, 0.4) is 0 Å². The molecule has 2 aliphatic rings. The molecule has 1 amide bonds. The number of halogens is 1. The minimum absolute atomic E-state index is 0.0234. The van der Waals surface area contributed by atoms with Crippen molar-refractivity contribution >= 4 is 28.9 Å². The second kappa shape index (κ2) is 7.92. The third-order valence-corrected chi connectivity index (χ3v) is 6.67. The van der Waals surface area contributed by atoms with Crippen molar-refractivity contribution in [3.05, 3.63) is 64.2 Å². The van der Waals surface area contributed by atoms with Crippen LogP contribution in [0.1, 0.15) is 43.4 Å². The largest absolute Gasteiger partial charge is 0.381 e. The Morgan fingerprint density at radius 3 is 2.59 bits per heavy atom. The summed E-state index contributed by atoms with van der Waals surface area (Å²) in [6.45, 7) is 6.39. The summed E-state index contributed by atoms with van der Waals surface area (Å²) in [4.78, 5) is 19.0. The average molecular weight is 411 g/mol. The van der Waals surface area contributed by atoms with Crippen molar-refractivity contribution < 1.29 is 9.53 Å². The number of nitrogens with zero attached hydrogens (tertiary/aromatic N) is 2. The Kier molecular flexibility index (Phi) is 5.50. The fourth-order valence-electron chi connectivity index (χ4n) is 4.58. The number of anilines is 1. The number of rotatable bonds is 3. The molecule has 152 valence electrons. The number of aliphatic imine (C=N–C) groups is 1. The Morgan fingerprint density at radius 1 is 1.10 bits per heavy atom. The summed E-state index contributed by atoms with van der Waals surface area (Å²) in [6.07, 6.45) is 2.11. The Labute approximate surface area is 177 Å². The van der Waals surface area contributed by atoms with Crippen LogP contribution in [0, 0.1) is 5.92 Å². The van der Waals surface area contributed by atoms with Crippen LogP contribution in [0.25, 0.3) is 0 Å². The third kappa shape index (κ3) is 3.72. The summed E-state index contributed by atoms with van der Waals surface area (Å²) in [5, 5.41) is 0.639. The predicted octanol–water partition coefficient (Wildman–Crippen LogP) is 4.86. The molecule has 4 rings (SSSR count). The van der Waals surface area contributed by atoms with E-state index in [9.17, 15) is 4.79 Å². The van der Waals surface area contributed by atoms with Gasteiger partial charge in [-0.3, -0.25) is 9.79 Å². The van der Waals surface area contributed by atoms with E-state index in [1.54, 1.807) is 11.9 Å². The van der Waals surface area contributed by atoms with E-state index in [0.717, 1.165) is 48.6 Å². The molecular formula is C24H27ClN2O2. The zero-order valence-corrected chi connectivity index (χ0v) is 18.0. The van der Waals surface area contributed by atoms with Crippen molar-refractivity contribution in [2.45, 2.75) is 32.1 Å². The zero-order chi connectivity index (χ0) is 20.6. The van der Waals surface area contributed by atoms with E-state index < -0.39 is 0 Å². The Hall–Kier alpha value is -2.17. The predicted molar refractivity (Wildman–Crippen MR) is 118 cm³/mol. The van der Waals surface area contributed by atoms with Crippen molar-refractivity contribution in [3.63, 3.8) is 0 Å². The molecule has 2 aliphatic heterocycles. The maximum atomic E-state index is 12.5. The number of likely N-dealkylation sites (N-methyl/N-ethyl adjacent to an activating group) is 1. The van der Waals surface area contributed by atoms with Gasteiger partial charge in [0.2, 0.25) is 5.91 Å². The van der Waals surface area contributed by atoms with Gasteiger partial charge in [-0.25, -0.2) is 0 Å². The molecule has 2 aromatic rings. The number of amides is 1. The molecule has 5 heteroatoms. The van der Waals surface area contributed by atoms with E-state index in [1.807, 2.05) is 24.3 Å². The number of benzene rings is 2. The number of hydrogen-bond acceptors (Lipinski definition) is 3. The highest BCUT2D eigenvalue weighted by molar-refractivity contribution is 6.32. The molecular weight excluding hydrogens is 384 g/mol. The smallest absolute Gasteiger partial charge is 0.248 e. The van der Waals surface area contributed by atoms with E-state index >= 15 is 0 Å². The molecule has 0 bridgehead atoms. The maximum Gasteiger partial charge on any atom is 0.248 e. The second-order valence-electron chi connectivity index (χ2n) is 8.43. The molecule has 0 saturated carbocycles. The number of carbonyl (C=O) groups is 1. The number of hydrogen-bond donors (Lipinski definition) is 0. The number of carbonyl (C=O) groups excluding carboxylic acids is 1. The molecule has 2 aromatic carbocycles. The van der Waals surface area contributed by atoms with E-state index in [2.05, 4.69) is 32.0 Å².